The molecule has 1 fully saturated rings. The van der Waals surface area contributed by atoms with Gasteiger partial charge in [0.05, 0.1) is 16.4 Å². The van der Waals surface area contributed by atoms with Gasteiger partial charge in [-0.05, 0) is 45.4 Å². The van der Waals surface area contributed by atoms with Crippen LogP contribution in [0.5, 0.6) is 0 Å². The highest BCUT2D eigenvalue weighted by Crippen LogP contribution is 2.32. The van der Waals surface area contributed by atoms with Gasteiger partial charge in [0.25, 0.3) is 0 Å². The lowest BCUT2D eigenvalue weighted by atomic mass is 10.0. The molecule has 6 heteroatoms. The van der Waals surface area contributed by atoms with E-state index in [1.165, 1.54) is 12.8 Å². The van der Waals surface area contributed by atoms with Gasteiger partial charge in [-0.25, -0.2) is 0 Å². The van der Waals surface area contributed by atoms with Crippen molar-refractivity contribution in [2.24, 2.45) is 0 Å². The monoisotopic (exact) mass is 329 g/mol. The second kappa shape index (κ2) is 6.42. The van der Waals surface area contributed by atoms with Gasteiger partial charge in [-0.15, -0.1) is 0 Å². The number of nitrogens with two attached hydrogens (primary N) is 1. The zero-order valence-electron chi connectivity index (χ0n) is 12.4. The summed E-state index contributed by atoms with van der Waals surface area (Å²) in [7, 11) is 0. The molecule has 0 radical (unpaired) electrons. The molecule has 1 aliphatic rings. The molecule has 0 spiro atoms. The van der Waals surface area contributed by atoms with Crippen LogP contribution in [-0.4, -0.2) is 29.4 Å². The van der Waals surface area contributed by atoms with E-state index < -0.39 is 0 Å². The maximum atomic E-state index is 12.1. The van der Waals surface area contributed by atoms with Gasteiger partial charge in [0.1, 0.15) is 0 Å². The molecule has 2 rings (SSSR count). The summed E-state index contributed by atoms with van der Waals surface area (Å²) in [6.07, 6.45) is 2.77. The van der Waals surface area contributed by atoms with E-state index in [9.17, 15) is 4.79 Å². The third-order valence-corrected chi connectivity index (χ3v) is 4.55. The molecule has 1 aromatic rings. The van der Waals surface area contributed by atoms with Crippen LogP contribution < -0.4 is 11.1 Å². The molecule has 0 aliphatic carbocycles. The summed E-state index contributed by atoms with van der Waals surface area (Å²) in [5.74, 6) is -0.0892. The number of benzene rings is 1. The smallest absolute Gasteiger partial charge is 0.225 e. The number of carbonyl (C=O) groups is 1. The van der Waals surface area contributed by atoms with Gasteiger partial charge < -0.3 is 11.1 Å². The van der Waals surface area contributed by atoms with E-state index in [0.29, 0.717) is 27.8 Å². The van der Waals surface area contributed by atoms with Crippen LogP contribution in [0.15, 0.2) is 12.1 Å². The molecule has 0 saturated carbocycles. The first-order valence-electron chi connectivity index (χ1n) is 7.09. The second-order valence-corrected chi connectivity index (χ2v) is 6.90. The van der Waals surface area contributed by atoms with Crippen LogP contribution in [-0.2, 0) is 4.79 Å². The summed E-state index contributed by atoms with van der Waals surface area (Å²) >= 11 is 11.9. The molecule has 0 bridgehead atoms. The fourth-order valence-electron chi connectivity index (χ4n) is 2.74. The fourth-order valence-corrected chi connectivity index (χ4v) is 3.30. The van der Waals surface area contributed by atoms with Crippen molar-refractivity contribution in [3.63, 3.8) is 0 Å². The molecule has 1 aromatic carbocycles. The van der Waals surface area contributed by atoms with E-state index in [0.717, 1.165) is 13.1 Å². The third-order valence-electron chi connectivity index (χ3n) is 4.03. The number of hydrogen-bond donors (Lipinski definition) is 2. The molecule has 1 saturated heterocycles. The lowest BCUT2D eigenvalue weighted by Gasteiger charge is -2.31. The Kier molecular flexibility index (Phi) is 5.02. The highest BCUT2D eigenvalue weighted by atomic mass is 35.5. The maximum Gasteiger partial charge on any atom is 0.225 e. The average molecular weight is 330 g/mol. The molecule has 1 heterocycles. The number of likely N-dealkylation sites (tertiary alicyclic amines) is 1. The molecular weight excluding hydrogens is 309 g/mol. The van der Waals surface area contributed by atoms with E-state index >= 15 is 0 Å². The van der Waals surface area contributed by atoms with Crippen LogP contribution in [0.25, 0.3) is 0 Å². The Morgan fingerprint density at radius 3 is 2.71 bits per heavy atom. The van der Waals surface area contributed by atoms with Crippen LogP contribution in [0, 0.1) is 0 Å². The standard InChI is InChI=1S/C15H21Cl2N3O/c1-15(2)5-3-6-20(15)7-4-13(21)19-14-11(17)8-10(16)9-12(14)18/h8-9H,3-7,18H2,1-2H3,(H,19,21). The van der Waals surface area contributed by atoms with Crippen LogP contribution in [0.4, 0.5) is 11.4 Å². The van der Waals surface area contributed by atoms with Gasteiger partial charge in [-0.2, -0.15) is 0 Å². The van der Waals surface area contributed by atoms with E-state index in [1.54, 1.807) is 12.1 Å². The number of nitrogens with one attached hydrogen (secondary N) is 1. The Morgan fingerprint density at radius 2 is 2.14 bits per heavy atom. The molecule has 3 N–H and O–H groups in total. The molecule has 0 aromatic heterocycles. The van der Waals surface area contributed by atoms with Crippen LogP contribution in [0.1, 0.15) is 33.1 Å². The molecule has 1 aliphatic heterocycles. The van der Waals surface area contributed by atoms with Gasteiger partial charge >= 0.3 is 0 Å². The maximum absolute atomic E-state index is 12.1. The number of amides is 1. The molecule has 4 nitrogen and oxygen atoms in total. The first-order chi connectivity index (χ1) is 9.79. The van der Waals surface area contributed by atoms with Crippen molar-refractivity contribution in [1.29, 1.82) is 0 Å². The lowest BCUT2D eigenvalue weighted by Crippen LogP contribution is -2.39. The van der Waals surface area contributed by atoms with Gasteiger partial charge in [-0.3, -0.25) is 9.69 Å². The van der Waals surface area contributed by atoms with Crippen molar-refractivity contribution in [2.75, 3.05) is 24.1 Å². The minimum absolute atomic E-state index is 0.0892. The molecule has 116 valence electrons. The molecule has 1 amide bonds. The summed E-state index contributed by atoms with van der Waals surface area (Å²) in [4.78, 5) is 14.4. The number of rotatable bonds is 4. The zero-order chi connectivity index (χ0) is 15.6. The first kappa shape index (κ1) is 16.4. The van der Waals surface area contributed by atoms with Crippen molar-refractivity contribution in [1.82, 2.24) is 4.90 Å². The summed E-state index contributed by atoms with van der Waals surface area (Å²) in [5, 5.41) is 3.59. The Labute approximate surface area is 135 Å². The number of nitrogen functional groups attached to an aromatic ring is 1. The number of nitrogens with zero attached hydrogens (tertiary/aromatic N) is 1. The minimum Gasteiger partial charge on any atom is -0.397 e. The van der Waals surface area contributed by atoms with Gasteiger partial charge in [0.15, 0.2) is 0 Å². The van der Waals surface area contributed by atoms with Gasteiger partial charge in [0.2, 0.25) is 5.91 Å². The topological polar surface area (TPSA) is 58.4 Å². The predicted molar refractivity (Wildman–Crippen MR) is 89.0 cm³/mol. The van der Waals surface area contributed by atoms with Gasteiger partial charge in [-0.1, -0.05) is 23.2 Å². The fraction of sp³-hybridized carbons (Fsp3) is 0.533. The molecular formula is C15H21Cl2N3O. The SMILES string of the molecule is CC1(C)CCCN1CCC(=O)Nc1c(N)cc(Cl)cc1Cl. The third kappa shape index (κ3) is 4.02. The zero-order valence-corrected chi connectivity index (χ0v) is 13.9. The van der Waals surface area contributed by atoms with E-state index in [4.69, 9.17) is 28.9 Å². The predicted octanol–water partition coefficient (Wildman–Crippen LogP) is 3.78. The van der Waals surface area contributed by atoms with Crippen molar-refractivity contribution in [2.45, 2.75) is 38.6 Å². The van der Waals surface area contributed by atoms with Crippen LogP contribution >= 0.6 is 23.2 Å². The summed E-state index contributed by atoms with van der Waals surface area (Å²) in [6, 6.07) is 3.14. The first-order valence-corrected chi connectivity index (χ1v) is 7.84. The number of halogens is 2. The summed E-state index contributed by atoms with van der Waals surface area (Å²) in [5.41, 5.74) is 6.83. The molecule has 21 heavy (non-hydrogen) atoms. The number of hydrogen-bond acceptors (Lipinski definition) is 3. The second-order valence-electron chi connectivity index (χ2n) is 6.05. The summed E-state index contributed by atoms with van der Waals surface area (Å²) < 4.78 is 0. The van der Waals surface area contributed by atoms with Crippen molar-refractivity contribution in [3.8, 4) is 0 Å². The van der Waals surface area contributed by atoms with Crippen molar-refractivity contribution >= 4 is 40.5 Å². The number of anilines is 2. The van der Waals surface area contributed by atoms with Crippen molar-refractivity contribution < 1.29 is 4.79 Å². The highest BCUT2D eigenvalue weighted by molar-refractivity contribution is 6.37. The van der Waals surface area contributed by atoms with Crippen LogP contribution in [0.3, 0.4) is 0 Å². The Hall–Kier alpha value is -0.970. The van der Waals surface area contributed by atoms with Crippen molar-refractivity contribution in [3.05, 3.63) is 22.2 Å². The highest BCUT2D eigenvalue weighted by Gasteiger charge is 2.31. The quantitative estimate of drug-likeness (QED) is 0.826. The van der Waals surface area contributed by atoms with Crippen LogP contribution in [0.2, 0.25) is 10.0 Å². The molecule has 0 unspecified atom stereocenters. The Morgan fingerprint density at radius 1 is 1.43 bits per heavy atom. The van der Waals surface area contributed by atoms with E-state index in [-0.39, 0.29) is 11.4 Å². The normalized spacial score (nSPS) is 17.9. The summed E-state index contributed by atoms with van der Waals surface area (Å²) in [6.45, 7) is 6.21. The van der Waals surface area contributed by atoms with E-state index in [2.05, 4.69) is 24.1 Å². The Balaban J connectivity index is 1.94. The molecule has 0 atom stereocenters. The Bertz CT molecular complexity index is 523. The minimum atomic E-state index is -0.0892. The van der Waals surface area contributed by atoms with Gasteiger partial charge in [0, 0.05) is 23.5 Å². The largest absolute Gasteiger partial charge is 0.397 e. The average Bonchev–Trinajstić information content (AvgIpc) is 2.70. The lowest BCUT2D eigenvalue weighted by molar-refractivity contribution is -0.116. The number of carbonyl (C=O) groups excluding carboxylic acids is 1. The van der Waals surface area contributed by atoms with E-state index in [1.807, 2.05) is 0 Å².